The third kappa shape index (κ3) is 4.38. The highest BCUT2D eigenvalue weighted by Crippen LogP contribution is 2.26. The molecule has 27 heavy (non-hydrogen) atoms. The average Bonchev–Trinajstić information content (AvgIpc) is 3.19. The van der Waals surface area contributed by atoms with Gasteiger partial charge < -0.3 is 4.74 Å². The van der Waals surface area contributed by atoms with Crippen molar-refractivity contribution < 1.29 is 14.3 Å². The Balaban J connectivity index is 1.89. The molecule has 0 aliphatic rings. The summed E-state index contributed by atoms with van der Waals surface area (Å²) in [7, 11) is 1.29. The summed E-state index contributed by atoms with van der Waals surface area (Å²) < 4.78 is 4.69. The molecule has 0 aliphatic heterocycles. The predicted octanol–water partition coefficient (Wildman–Crippen LogP) is 3.90. The van der Waals surface area contributed by atoms with Crippen LogP contribution in [0.2, 0.25) is 0 Å². The molecule has 1 N–H and O–H groups in total. The van der Waals surface area contributed by atoms with Crippen LogP contribution in [-0.2, 0) is 4.74 Å². The number of benzene rings is 2. The molecule has 0 unspecified atom stereocenters. The molecule has 0 saturated heterocycles. The molecule has 3 rings (SSSR count). The zero-order valence-corrected chi connectivity index (χ0v) is 15.8. The molecule has 0 aliphatic carbocycles. The second kappa shape index (κ2) is 8.55. The molecule has 1 amide bonds. The third-order valence-corrected chi connectivity index (χ3v) is 5.11. The number of thioether (sulfide) groups is 1. The van der Waals surface area contributed by atoms with Gasteiger partial charge in [0.05, 0.1) is 13.0 Å². The van der Waals surface area contributed by atoms with E-state index in [2.05, 4.69) is 14.9 Å². The fourth-order valence-electron chi connectivity index (χ4n) is 2.49. The van der Waals surface area contributed by atoms with Crippen LogP contribution in [0, 0.1) is 6.92 Å². The van der Waals surface area contributed by atoms with Gasteiger partial charge in [-0.3, -0.25) is 14.8 Å². The van der Waals surface area contributed by atoms with E-state index in [9.17, 15) is 9.59 Å². The lowest BCUT2D eigenvalue weighted by molar-refractivity contribution is 0.0594. The number of methoxy groups -OCH3 is 1. The molecule has 138 valence electrons. The van der Waals surface area contributed by atoms with Crippen LogP contribution >= 0.6 is 11.8 Å². The molecule has 1 heterocycles. The van der Waals surface area contributed by atoms with Gasteiger partial charge in [-0.15, -0.1) is 11.8 Å². The summed E-state index contributed by atoms with van der Waals surface area (Å²) in [6.07, 6.45) is 0. The number of hydrogen-bond donors (Lipinski definition) is 1. The summed E-state index contributed by atoms with van der Waals surface area (Å²) in [6.45, 7) is 2.03. The quantitative estimate of drug-likeness (QED) is 0.398. The maximum absolute atomic E-state index is 13.0. The first-order valence-corrected chi connectivity index (χ1v) is 9.28. The molecule has 0 bridgehead atoms. The van der Waals surface area contributed by atoms with E-state index < -0.39 is 5.97 Å². The van der Waals surface area contributed by atoms with E-state index >= 15 is 0 Å². The number of esters is 1. The van der Waals surface area contributed by atoms with Crippen LogP contribution in [0.4, 0.5) is 5.82 Å². The van der Waals surface area contributed by atoms with Crippen LogP contribution in [0.1, 0.15) is 26.4 Å². The van der Waals surface area contributed by atoms with Crippen molar-refractivity contribution >= 4 is 29.5 Å². The second-order valence-corrected chi connectivity index (χ2v) is 6.75. The Morgan fingerprint density at radius 1 is 1.11 bits per heavy atom. The largest absolute Gasteiger partial charge is 0.464 e. The van der Waals surface area contributed by atoms with Gasteiger partial charge in [-0.05, 0) is 30.7 Å². The first-order chi connectivity index (χ1) is 13.1. The number of rotatable bonds is 6. The van der Waals surface area contributed by atoms with Crippen molar-refractivity contribution in [2.75, 3.05) is 17.9 Å². The van der Waals surface area contributed by atoms with E-state index in [4.69, 9.17) is 0 Å². The van der Waals surface area contributed by atoms with E-state index in [1.807, 2.05) is 49.4 Å². The Labute approximate surface area is 161 Å². The summed E-state index contributed by atoms with van der Waals surface area (Å²) in [5, 5.41) is 6.72. The van der Waals surface area contributed by atoms with Gasteiger partial charge in [-0.25, -0.2) is 4.79 Å². The number of carbonyl (C=O) groups excluding carboxylic acids is 2. The van der Waals surface area contributed by atoms with Crippen LogP contribution in [0.15, 0.2) is 65.6 Å². The van der Waals surface area contributed by atoms with Gasteiger partial charge in [0.2, 0.25) is 0 Å². The van der Waals surface area contributed by atoms with Crippen molar-refractivity contribution in [2.24, 2.45) is 0 Å². The molecular weight excluding hydrogens is 362 g/mol. The van der Waals surface area contributed by atoms with Crippen LogP contribution < -0.4 is 4.90 Å². The van der Waals surface area contributed by atoms with Gasteiger partial charge in [0.15, 0.2) is 5.69 Å². The molecule has 2 aromatic carbocycles. The highest BCUT2D eigenvalue weighted by atomic mass is 32.2. The Bertz CT molecular complexity index is 940. The highest BCUT2D eigenvalue weighted by Gasteiger charge is 2.22. The molecule has 0 radical (unpaired) electrons. The van der Waals surface area contributed by atoms with Gasteiger partial charge >= 0.3 is 5.97 Å². The van der Waals surface area contributed by atoms with E-state index in [1.165, 1.54) is 24.9 Å². The number of carbonyl (C=O) groups is 2. The van der Waals surface area contributed by atoms with E-state index in [1.54, 1.807) is 17.0 Å². The Kier molecular flexibility index (Phi) is 5.93. The molecule has 0 spiro atoms. The second-order valence-electron chi connectivity index (χ2n) is 5.77. The summed E-state index contributed by atoms with van der Waals surface area (Å²) in [6, 6.07) is 18.5. The van der Waals surface area contributed by atoms with Crippen LogP contribution in [-0.4, -0.2) is 35.1 Å². The monoisotopic (exact) mass is 381 g/mol. The SMILES string of the molecule is COC(=O)c1cc(N(CSc2ccccc2C)C(=O)c2ccccc2)[nH]n1. The number of hydrogen-bond acceptors (Lipinski definition) is 5. The molecule has 0 fully saturated rings. The minimum absolute atomic E-state index is 0.124. The molecule has 0 saturated carbocycles. The van der Waals surface area contributed by atoms with Gasteiger partial charge in [-0.2, -0.15) is 5.10 Å². The number of amides is 1. The number of nitrogens with zero attached hydrogens (tertiary/aromatic N) is 2. The predicted molar refractivity (Wildman–Crippen MR) is 105 cm³/mol. The Morgan fingerprint density at radius 3 is 2.52 bits per heavy atom. The molecule has 1 aromatic heterocycles. The minimum atomic E-state index is -0.559. The first kappa shape index (κ1) is 18.7. The van der Waals surface area contributed by atoms with E-state index in [-0.39, 0.29) is 11.6 Å². The van der Waals surface area contributed by atoms with Crippen molar-refractivity contribution in [3.8, 4) is 0 Å². The number of anilines is 1. The normalized spacial score (nSPS) is 10.4. The van der Waals surface area contributed by atoms with E-state index in [0.717, 1.165) is 10.5 Å². The third-order valence-electron chi connectivity index (χ3n) is 3.96. The number of ether oxygens (including phenoxy) is 1. The lowest BCUT2D eigenvalue weighted by Crippen LogP contribution is -2.31. The number of aromatic nitrogens is 2. The molecule has 0 atom stereocenters. The standard InChI is InChI=1S/C20H19N3O3S/c1-14-8-6-7-11-17(14)27-13-23(19(24)15-9-4-3-5-10-15)18-12-16(21-22-18)20(25)26-2/h3-12H,13H2,1-2H3,(H,21,22). The van der Waals surface area contributed by atoms with Crippen molar-refractivity contribution in [3.63, 3.8) is 0 Å². The zero-order valence-electron chi connectivity index (χ0n) is 15.0. The highest BCUT2D eigenvalue weighted by molar-refractivity contribution is 7.99. The topological polar surface area (TPSA) is 75.3 Å². The van der Waals surface area contributed by atoms with Crippen molar-refractivity contribution in [1.82, 2.24) is 10.2 Å². The van der Waals surface area contributed by atoms with Crippen LogP contribution in [0.5, 0.6) is 0 Å². The Morgan fingerprint density at radius 2 is 1.81 bits per heavy atom. The van der Waals surface area contributed by atoms with Crippen molar-refractivity contribution in [1.29, 1.82) is 0 Å². The maximum atomic E-state index is 13.0. The van der Waals surface area contributed by atoms with Gasteiger partial charge in [-0.1, -0.05) is 36.4 Å². The minimum Gasteiger partial charge on any atom is -0.464 e. The lowest BCUT2D eigenvalue weighted by atomic mass is 10.2. The van der Waals surface area contributed by atoms with E-state index in [0.29, 0.717) is 17.3 Å². The molecular formula is C20H19N3O3S. The first-order valence-electron chi connectivity index (χ1n) is 8.29. The smallest absolute Gasteiger partial charge is 0.358 e. The molecule has 6 nitrogen and oxygen atoms in total. The number of H-pyrrole nitrogens is 1. The molecule has 7 heteroatoms. The maximum Gasteiger partial charge on any atom is 0.358 e. The van der Waals surface area contributed by atoms with Gasteiger partial charge in [0.1, 0.15) is 5.82 Å². The van der Waals surface area contributed by atoms with Crippen molar-refractivity contribution in [3.05, 3.63) is 77.5 Å². The average molecular weight is 381 g/mol. The van der Waals surface area contributed by atoms with Crippen LogP contribution in [0.3, 0.4) is 0 Å². The summed E-state index contributed by atoms with van der Waals surface area (Å²) in [4.78, 5) is 27.4. The van der Waals surface area contributed by atoms with Gasteiger partial charge in [0.25, 0.3) is 5.91 Å². The Hall–Kier alpha value is -3.06. The fourth-order valence-corrected chi connectivity index (χ4v) is 3.48. The fraction of sp³-hybridized carbons (Fsp3) is 0.150. The molecule has 3 aromatic rings. The summed E-state index contributed by atoms with van der Waals surface area (Å²) in [5.41, 5.74) is 1.81. The summed E-state index contributed by atoms with van der Waals surface area (Å²) >= 11 is 1.54. The number of nitrogens with one attached hydrogen (secondary N) is 1. The van der Waals surface area contributed by atoms with Crippen LogP contribution in [0.25, 0.3) is 0 Å². The number of aromatic amines is 1. The zero-order chi connectivity index (χ0) is 19.2. The number of aryl methyl sites for hydroxylation is 1. The lowest BCUT2D eigenvalue weighted by Gasteiger charge is -2.21. The van der Waals surface area contributed by atoms with Crippen molar-refractivity contribution in [2.45, 2.75) is 11.8 Å². The summed E-state index contributed by atoms with van der Waals surface area (Å²) in [5.74, 6) is 0.0553. The van der Waals surface area contributed by atoms with Gasteiger partial charge in [0, 0.05) is 16.5 Å².